The molecule has 0 aliphatic heterocycles. The van der Waals surface area contributed by atoms with Crippen LogP contribution in [-0.4, -0.2) is 26.8 Å². The van der Waals surface area contributed by atoms with E-state index in [1.165, 1.54) is 23.2 Å². The summed E-state index contributed by atoms with van der Waals surface area (Å²) in [6.45, 7) is 3.10. The highest BCUT2D eigenvalue weighted by Gasteiger charge is 2.08. The summed E-state index contributed by atoms with van der Waals surface area (Å²) in [7, 11) is 0. The molecule has 6 heteroatoms. The van der Waals surface area contributed by atoms with E-state index in [0.717, 1.165) is 29.7 Å². The molecule has 2 rings (SSSR count). The van der Waals surface area contributed by atoms with Crippen LogP contribution in [0.15, 0.2) is 12.1 Å². The number of aromatic nitrogens is 2. The van der Waals surface area contributed by atoms with Crippen molar-refractivity contribution in [1.29, 1.82) is 0 Å². The average molecular weight is 288 g/mol. The van der Waals surface area contributed by atoms with Crippen LogP contribution in [0.3, 0.4) is 0 Å². The molecule has 0 spiro atoms. The second-order valence-electron chi connectivity index (χ2n) is 3.53. The number of hydrogen-bond acceptors (Lipinski definition) is 5. The third-order valence-electron chi connectivity index (χ3n) is 2.35. The topological polar surface area (TPSA) is 37.8 Å². The van der Waals surface area contributed by atoms with Crippen molar-refractivity contribution >= 4 is 51.8 Å². The predicted octanol–water partition coefficient (Wildman–Crippen LogP) is 3.90. The Bertz CT molecular complexity index is 487. The molecular weight excluding hydrogens is 274 g/mol. The van der Waals surface area contributed by atoms with Crippen LogP contribution in [0.4, 0.5) is 5.69 Å². The summed E-state index contributed by atoms with van der Waals surface area (Å²) < 4.78 is 8.48. The predicted molar refractivity (Wildman–Crippen MR) is 78.5 cm³/mol. The Morgan fingerprint density at radius 1 is 1.41 bits per heavy atom. The number of nitrogens with one attached hydrogen (secondary N) is 1. The molecule has 1 aromatic carbocycles. The molecule has 1 heterocycles. The monoisotopic (exact) mass is 287 g/mol. The zero-order valence-electron chi connectivity index (χ0n) is 9.57. The SMILES string of the molecule is CCSCCCNc1c(Cl)ccc2nsnc12. The molecule has 0 aliphatic rings. The van der Waals surface area contributed by atoms with Crippen molar-refractivity contribution in [3.63, 3.8) is 0 Å². The first-order chi connectivity index (χ1) is 8.33. The molecule has 3 nitrogen and oxygen atoms in total. The van der Waals surface area contributed by atoms with Gasteiger partial charge < -0.3 is 5.32 Å². The normalized spacial score (nSPS) is 10.9. The largest absolute Gasteiger partial charge is 0.382 e. The van der Waals surface area contributed by atoms with Crippen LogP contribution in [0, 0.1) is 0 Å². The van der Waals surface area contributed by atoms with Crippen molar-refractivity contribution in [3.8, 4) is 0 Å². The minimum absolute atomic E-state index is 0.716. The van der Waals surface area contributed by atoms with E-state index in [0.29, 0.717) is 5.02 Å². The van der Waals surface area contributed by atoms with Gasteiger partial charge >= 0.3 is 0 Å². The Kier molecular flexibility index (Phi) is 4.88. The van der Waals surface area contributed by atoms with Gasteiger partial charge in [-0.3, -0.25) is 0 Å². The van der Waals surface area contributed by atoms with E-state index in [1.807, 2.05) is 23.9 Å². The van der Waals surface area contributed by atoms with Gasteiger partial charge in [-0.1, -0.05) is 18.5 Å². The second-order valence-corrected chi connectivity index (χ2v) is 5.86. The van der Waals surface area contributed by atoms with Crippen molar-refractivity contribution < 1.29 is 0 Å². The summed E-state index contributed by atoms with van der Waals surface area (Å²) in [5.41, 5.74) is 2.70. The standard InChI is InChI=1S/C11H14ClN3S2/c1-2-16-7-3-6-13-10-8(12)4-5-9-11(10)15-17-14-9/h4-5,13H,2-3,6-7H2,1H3. The second kappa shape index (κ2) is 6.42. The van der Waals surface area contributed by atoms with Gasteiger partial charge in [0.1, 0.15) is 11.0 Å². The zero-order valence-corrected chi connectivity index (χ0v) is 12.0. The van der Waals surface area contributed by atoms with Crippen LogP contribution in [0.1, 0.15) is 13.3 Å². The summed E-state index contributed by atoms with van der Waals surface area (Å²) in [6, 6.07) is 3.77. The molecule has 17 heavy (non-hydrogen) atoms. The molecule has 92 valence electrons. The van der Waals surface area contributed by atoms with E-state index in [-0.39, 0.29) is 0 Å². The van der Waals surface area contributed by atoms with Crippen LogP contribution in [-0.2, 0) is 0 Å². The number of halogens is 1. The summed E-state index contributed by atoms with van der Waals surface area (Å²) in [6.07, 6.45) is 1.13. The molecule has 0 unspecified atom stereocenters. The molecule has 0 saturated heterocycles. The molecule has 0 atom stereocenters. The molecule has 0 radical (unpaired) electrons. The highest BCUT2D eigenvalue weighted by molar-refractivity contribution is 7.99. The van der Waals surface area contributed by atoms with Crippen LogP contribution in [0.25, 0.3) is 11.0 Å². The lowest BCUT2D eigenvalue weighted by Crippen LogP contribution is -2.03. The molecular formula is C11H14ClN3S2. The summed E-state index contributed by atoms with van der Waals surface area (Å²) in [5, 5.41) is 4.08. The van der Waals surface area contributed by atoms with Gasteiger partial charge in [-0.2, -0.15) is 20.5 Å². The van der Waals surface area contributed by atoms with E-state index in [2.05, 4.69) is 21.0 Å². The highest BCUT2D eigenvalue weighted by Crippen LogP contribution is 2.29. The van der Waals surface area contributed by atoms with Crippen molar-refractivity contribution in [2.45, 2.75) is 13.3 Å². The lowest BCUT2D eigenvalue weighted by atomic mass is 10.2. The minimum atomic E-state index is 0.716. The third kappa shape index (κ3) is 3.24. The highest BCUT2D eigenvalue weighted by atomic mass is 35.5. The molecule has 0 bridgehead atoms. The van der Waals surface area contributed by atoms with Crippen LogP contribution >= 0.6 is 35.1 Å². The average Bonchev–Trinajstić information content (AvgIpc) is 2.79. The maximum absolute atomic E-state index is 6.17. The van der Waals surface area contributed by atoms with E-state index in [4.69, 9.17) is 11.6 Å². The van der Waals surface area contributed by atoms with Gasteiger partial charge in [0.2, 0.25) is 0 Å². The van der Waals surface area contributed by atoms with E-state index >= 15 is 0 Å². The number of rotatable bonds is 6. The lowest BCUT2D eigenvalue weighted by Gasteiger charge is -2.08. The van der Waals surface area contributed by atoms with E-state index in [1.54, 1.807) is 0 Å². The van der Waals surface area contributed by atoms with Crippen LogP contribution in [0.5, 0.6) is 0 Å². The Morgan fingerprint density at radius 3 is 3.12 bits per heavy atom. The zero-order chi connectivity index (χ0) is 12.1. The van der Waals surface area contributed by atoms with Gasteiger partial charge in [0.05, 0.1) is 22.4 Å². The van der Waals surface area contributed by atoms with Gasteiger partial charge in [-0.15, -0.1) is 0 Å². The molecule has 0 aliphatic carbocycles. The van der Waals surface area contributed by atoms with Gasteiger partial charge in [-0.25, -0.2) is 0 Å². The summed E-state index contributed by atoms with van der Waals surface area (Å²) in [4.78, 5) is 0. The van der Waals surface area contributed by atoms with Gasteiger partial charge in [-0.05, 0) is 30.1 Å². The fraction of sp³-hybridized carbons (Fsp3) is 0.455. The molecule has 2 aromatic rings. The number of anilines is 1. The fourth-order valence-corrected chi connectivity index (χ4v) is 2.93. The van der Waals surface area contributed by atoms with Crippen molar-refractivity contribution in [2.75, 3.05) is 23.4 Å². The Labute approximate surface area is 114 Å². The number of nitrogens with zero attached hydrogens (tertiary/aromatic N) is 2. The van der Waals surface area contributed by atoms with Gasteiger partial charge in [0, 0.05) is 6.54 Å². The molecule has 0 fully saturated rings. The number of fused-ring (bicyclic) bond motifs is 1. The fourth-order valence-electron chi connectivity index (χ4n) is 1.53. The van der Waals surface area contributed by atoms with Gasteiger partial charge in [0.25, 0.3) is 0 Å². The lowest BCUT2D eigenvalue weighted by molar-refractivity contribution is 0.993. The molecule has 1 N–H and O–H groups in total. The van der Waals surface area contributed by atoms with Gasteiger partial charge in [0.15, 0.2) is 0 Å². The number of hydrogen-bond donors (Lipinski definition) is 1. The van der Waals surface area contributed by atoms with E-state index < -0.39 is 0 Å². The molecule has 0 amide bonds. The Morgan fingerprint density at radius 2 is 2.29 bits per heavy atom. The van der Waals surface area contributed by atoms with Crippen molar-refractivity contribution in [1.82, 2.24) is 8.75 Å². The maximum atomic E-state index is 6.17. The summed E-state index contributed by atoms with van der Waals surface area (Å²) >= 11 is 9.34. The maximum Gasteiger partial charge on any atom is 0.129 e. The van der Waals surface area contributed by atoms with Crippen LogP contribution < -0.4 is 5.32 Å². The Balaban J connectivity index is 2.02. The quantitative estimate of drug-likeness (QED) is 0.818. The first-order valence-electron chi connectivity index (χ1n) is 5.55. The van der Waals surface area contributed by atoms with Crippen LogP contribution in [0.2, 0.25) is 5.02 Å². The van der Waals surface area contributed by atoms with Crippen molar-refractivity contribution in [2.24, 2.45) is 0 Å². The number of benzene rings is 1. The molecule has 0 saturated carbocycles. The van der Waals surface area contributed by atoms with E-state index in [9.17, 15) is 0 Å². The first-order valence-corrected chi connectivity index (χ1v) is 7.81. The Hall–Kier alpha value is -0.520. The number of thioether (sulfide) groups is 1. The minimum Gasteiger partial charge on any atom is -0.382 e. The smallest absolute Gasteiger partial charge is 0.129 e. The first kappa shape index (κ1) is 12.9. The third-order valence-corrected chi connectivity index (χ3v) is 4.19. The molecule has 1 aromatic heterocycles. The van der Waals surface area contributed by atoms with Crippen molar-refractivity contribution in [3.05, 3.63) is 17.2 Å². The summed E-state index contributed by atoms with van der Waals surface area (Å²) in [5.74, 6) is 2.35.